The molecular weight excluding hydrogens is 410 g/mol. The summed E-state index contributed by atoms with van der Waals surface area (Å²) in [6.45, 7) is 5.03. The second-order valence-corrected chi connectivity index (χ2v) is 9.83. The summed E-state index contributed by atoms with van der Waals surface area (Å²) in [4.78, 5) is 17.3. The third kappa shape index (κ3) is 3.63. The van der Waals surface area contributed by atoms with Crippen molar-refractivity contribution < 1.29 is 13.2 Å². The Bertz CT molecular complexity index is 1100. The first-order valence-corrected chi connectivity index (χ1v) is 11.6. The molecular formula is C21H24ClN3O3S. The van der Waals surface area contributed by atoms with Gasteiger partial charge in [0.15, 0.2) is 0 Å². The standard InChI is InChI=1S/C21H24ClN3O3S/c1-13-10-16-11-17(29(23,27)28)6-8-19(16)25(13)20(26)12-24-9-3-4-15-5-7-18(22)14(2)21(15)24/h5-8,11,13H,3-4,9-10,12H2,1-2H3,(H2,23,27,28). The molecule has 2 N–H and O–H groups in total. The molecule has 2 aliphatic heterocycles. The molecule has 0 radical (unpaired) electrons. The van der Waals surface area contributed by atoms with Gasteiger partial charge in [-0.2, -0.15) is 0 Å². The average Bonchev–Trinajstić information content (AvgIpc) is 2.99. The van der Waals surface area contributed by atoms with E-state index in [0.717, 1.165) is 41.9 Å². The molecule has 0 bridgehead atoms. The molecule has 6 nitrogen and oxygen atoms in total. The van der Waals surface area contributed by atoms with Gasteiger partial charge in [0.2, 0.25) is 15.9 Å². The molecule has 1 amide bonds. The molecule has 0 spiro atoms. The number of amides is 1. The van der Waals surface area contributed by atoms with E-state index in [4.69, 9.17) is 16.7 Å². The molecule has 2 aromatic rings. The zero-order valence-corrected chi connectivity index (χ0v) is 18.1. The summed E-state index contributed by atoms with van der Waals surface area (Å²) in [5, 5.41) is 5.96. The third-order valence-corrected chi connectivity index (χ3v) is 7.15. The van der Waals surface area contributed by atoms with Crippen molar-refractivity contribution in [1.82, 2.24) is 0 Å². The number of nitrogens with zero attached hydrogens (tertiary/aromatic N) is 2. The SMILES string of the molecule is Cc1c(Cl)ccc2c1N(CC(=O)N1c3ccc(S(N)(=O)=O)cc3CC1C)CCC2. The Hall–Kier alpha value is -2.09. The summed E-state index contributed by atoms with van der Waals surface area (Å²) in [6.07, 6.45) is 2.58. The molecule has 0 aromatic heterocycles. The quantitative estimate of drug-likeness (QED) is 0.806. The molecule has 0 aliphatic carbocycles. The number of fused-ring (bicyclic) bond motifs is 2. The van der Waals surface area contributed by atoms with Gasteiger partial charge in [0.25, 0.3) is 0 Å². The number of nitrogens with two attached hydrogens (primary N) is 1. The van der Waals surface area contributed by atoms with Crippen molar-refractivity contribution in [3.05, 3.63) is 52.0 Å². The Kier molecular flexibility index (Phi) is 5.09. The number of carbonyl (C=O) groups excluding carboxylic acids is 1. The lowest BCUT2D eigenvalue weighted by atomic mass is 9.98. The fraction of sp³-hybridized carbons (Fsp3) is 0.381. The van der Waals surface area contributed by atoms with Crippen LogP contribution in [0.4, 0.5) is 11.4 Å². The number of aryl methyl sites for hydroxylation is 1. The maximum atomic E-state index is 13.3. The number of sulfonamides is 1. The highest BCUT2D eigenvalue weighted by molar-refractivity contribution is 7.89. The number of benzene rings is 2. The normalized spacial score (nSPS) is 18.6. The van der Waals surface area contributed by atoms with Crippen LogP contribution in [0.5, 0.6) is 0 Å². The Morgan fingerprint density at radius 2 is 2.00 bits per heavy atom. The smallest absolute Gasteiger partial charge is 0.246 e. The van der Waals surface area contributed by atoms with Crippen molar-refractivity contribution in [3.8, 4) is 0 Å². The molecule has 4 rings (SSSR count). The monoisotopic (exact) mass is 433 g/mol. The first-order valence-electron chi connectivity index (χ1n) is 9.67. The minimum absolute atomic E-state index is 0.00756. The molecule has 2 aromatic carbocycles. The minimum atomic E-state index is -3.77. The van der Waals surface area contributed by atoms with Crippen molar-refractivity contribution in [3.63, 3.8) is 0 Å². The first kappa shape index (κ1) is 20.2. The fourth-order valence-electron chi connectivity index (χ4n) is 4.51. The van der Waals surface area contributed by atoms with Crippen molar-refractivity contribution in [2.45, 2.75) is 44.0 Å². The molecule has 1 atom stereocenters. The van der Waals surface area contributed by atoms with E-state index in [2.05, 4.69) is 4.90 Å². The van der Waals surface area contributed by atoms with E-state index in [0.29, 0.717) is 11.4 Å². The summed E-state index contributed by atoms with van der Waals surface area (Å²) in [5.74, 6) is -0.00756. The van der Waals surface area contributed by atoms with Crippen molar-refractivity contribution >= 4 is 38.9 Å². The van der Waals surface area contributed by atoms with Gasteiger partial charge < -0.3 is 9.80 Å². The van der Waals surface area contributed by atoms with Crippen LogP contribution in [0.25, 0.3) is 0 Å². The number of rotatable bonds is 3. The summed E-state index contributed by atoms with van der Waals surface area (Å²) in [5.41, 5.74) is 4.88. The van der Waals surface area contributed by atoms with Crippen LogP contribution in [-0.2, 0) is 27.7 Å². The maximum Gasteiger partial charge on any atom is 0.246 e. The number of carbonyl (C=O) groups is 1. The van der Waals surface area contributed by atoms with E-state index < -0.39 is 10.0 Å². The highest BCUT2D eigenvalue weighted by Gasteiger charge is 2.33. The largest absolute Gasteiger partial charge is 0.362 e. The molecule has 154 valence electrons. The molecule has 1 unspecified atom stereocenters. The van der Waals surface area contributed by atoms with Crippen LogP contribution in [0.1, 0.15) is 30.0 Å². The Balaban J connectivity index is 1.63. The molecule has 2 aliphatic rings. The van der Waals surface area contributed by atoms with E-state index in [9.17, 15) is 13.2 Å². The molecule has 0 saturated carbocycles. The average molecular weight is 434 g/mol. The number of hydrogen-bond acceptors (Lipinski definition) is 4. The van der Waals surface area contributed by atoms with E-state index >= 15 is 0 Å². The number of primary sulfonamides is 1. The maximum absolute atomic E-state index is 13.3. The van der Waals surface area contributed by atoms with Crippen molar-refractivity contribution in [2.75, 3.05) is 22.9 Å². The zero-order chi connectivity index (χ0) is 20.9. The molecule has 0 fully saturated rings. The molecule has 29 heavy (non-hydrogen) atoms. The van der Waals surface area contributed by atoms with Crippen LogP contribution < -0.4 is 14.9 Å². The number of halogens is 1. The van der Waals surface area contributed by atoms with Crippen LogP contribution in [0, 0.1) is 6.92 Å². The zero-order valence-electron chi connectivity index (χ0n) is 16.5. The van der Waals surface area contributed by atoms with Gasteiger partial charge in [-0.1, -0.05) is 17.7 Å². The highest BCUT2D eigenvalue weighted by atomic mass is 35.5. The summed E-state index contributed by atoms with van der Waals surface area (Å²) in [7, 11) is -3.77. The number of anilines is 2. The van der Waals surface area contributed by atoms with E-state index in [-0.39, 0.29) is 23.4 Å². The predicted octanol–water partition coefficient (Wildman–Crippen LogP) is 3.03. The van der Waals surface area contributed by atoms with Gasteiger partial charge in [-0.3, -0.25) is 4.79 Å². The lowest BCUT2D eigenvalue weighted by Crippen LogP contribution is -2.44. The van der Waals surface area contributed by atoms with Gasteiger partial charge in [0.1, 0.15) is 0 Å². The van der Waals surface area contributed by atoms with Crippen molar-refractivity contribution in [2.24, 2.45) is 5.14 Å². The lowest BCUT2D eigenvalue weighted by molar-refractivity contribution is -0.117. The first-order chi connectivity index (χ1) is 13.7. The van der Waals surface area contributed by atoms with E-state index in [1.807, 2.05) is 26.0 Å². The van der Waals surface area contributed by atoms with Gasteiger partial charge in [-0.25, -0.2) is 13.6 Å². The molecule has 0 saturated heterocycles. The summed E-state index contributed by atoms with van der Waals surface area (Å²) in [6, 6.07) is 8.65. The van der Waals surface area contributed by atoms with Crippen LogP contribution >= 0.6 is 11.6 Å². The van der Waals surface area contributed by atoms with Gasteiger partial charge in [0, 0.05) is 29.0 Å². The van der Waals surface area contributed by atoms with Crippen LogP contribution in [-0.4, -0.2) is 33.5 Å². The summed E-state index contributed by atoms with van der Waals surface area (Å²) < 4.78 is 23.3. The van der Waals surface area contributed by atoms with Gasteiger partial charge >= 0.3 is 0 Å². The Morgan fingerprint density at radius 1 is 1.24 bits per heavy atom. The molecule has 8 heteroatoms. The fourth-order valence-corrected chi connectivity index (χ4v) is 5.22. The second-order valence-electron chi connectivity index (χ2n) is 7.86. The predicted molar refractivity (Wildman–Crippen MR) is 115 cm³/mol. The lowest BCUT2D eigenvalue weighted by Gasteiger charge is -2.34. The van der Waals surface area contributed by atoms with Gasteiger partial charge in [-0.15, -0.1) is 0 Å². The van der Waals surface area contributed by atoms with Gasteiger partial charge in [0.05, 0.1) is 11.4 Å². The Labute approximate surface area is 176 Å². The minimum Gasteiger partial charge on any atom is -0.362 e. The van der Waals surface area contributed by atoms with Crippen molar-refractivity contribution in [1.29, 1.82) is 0 Å². The topological polar surface area (TPSA) is 83.7 Å². The number of hydrogen-bond donors (Lipinski definition) is 1. The second kappa shape index (κ2) is 7.31. The Morgan fingerprint density at radius 3 is 2.72 bits per heavy atom. The van der Waals surface area contributed by atoms with Crippen LogP contribution in [0.2, 0.25) is 5.02 Å². The van der Waals surface area contributed by atoms with Crippen LogP contribution in [0.3, 0.4) is 0 Å². The third-order valence-electron chi connectivity index (χ3n) is 5.83. The van der Waals surface area contributed by atoms with Gasteiger partial charge in [-0.05, 0) is 74.1 Å². The van der Waals surface area contributed by atoms with Crippen LogP contribution in [0.15, 0.2) is 35.2 Å². The van der Waals surface area contributed by atoms with E-state index in [1.54, 1.807) is 17.0 Å². The van der Waals surface area contributed by atoms with E-state index in [1.165, 1.54) is 11.6 Å². The summed E-state index contributed by atoms with van der Waals surface area (Å²) >= 11 is 6.34. The highest BCUT2D eigenvalue weighted by Crippen LogP contribution is 2.37. The molecule has 2 heterocycles.